The quantitative estimate of drug-likeness (QED) is 0.278. The van der Waals surface area contributed by atoms with Gasteiger partial charge in [0.05, 0.1) is 5.88 Å². The molecule has 1 saturated carbocycles. The van der Waals surface area contributed by atoms with Crippen molar-refractivity contribution in [3.8, 4) is 0 Å². The van der Waals surface area contributed by atoms with Crippen molar-refractivity contribution in [1.29, 1.82) is 0 Å². The molecule has 3 fully saturated rings. The van der Waals surface area contributed by atoms with Crippen molar-refractivity contribution in [3.63, 3.8) is 0 Å². The van der Waals surface area contributed by atoms with Crippen LogP contribution in [-0.4, -0.2) is 86.8 Å². The van der Waals surface area contributed by atoms with Crippen LogP contribution in [0.5, 0.6) is 0 Å². The Kier molecular flexibility index (Phi) is 11.3. The molecule has 2 aliphatic heterocycles. The SMILES string of the molecule is CS[C@](CC1CCCCC1)(C(=O)NC1CCN(Cc2ccccc2)CC1)N(C=O)[C@@H]1CSCN1C(=O)OC(C)(C)C. The van der Waals surface area contributed by atoms with Gasteiger partial charge in [-0.3, -0.25) is 19.4 Å². The fourth-order valence-corrected chi connectivity index (χ4v) is 8.46. The topological polar surface area (TPSA) is 82.2 Å². The van der Waals surface area contributed by atoms with E-state index in [1.54, 1.807) is 21.6 Å². The van der Waals surface area contributed by atoms with Crippen LogP contribution in [0.1, 0.15) is 77.7 Å². The van der Waals surface area contributed by atoms with E-state index in [1.165, 1.54) is 23.7 Å². The number of piperidine rings is 1. The molecule has 8 nitrogen and oxygen atoms in total. The lowest BCUT2D eigenvalue weighted by Crippen LogP contribution is -2.65. The Labute approximate surface area is 254 Å². The van der Waals surface area contributed by atoms with Gasteiger partial charge in [0, 0.05) is 31.4 Å². The summed E-state index contributed by atoms with van der Waals surface area (Å²) in [6, 6.07) is 10.5. The van der Waals surface area contributed by atoms with Crippen molar-refractivity contribution < 1.29 is 19.1 Å². The summed E-state index contributed by atoms with van der Waals surface area (Å²) in [5.41, 5.74) is 0.654. The maximum Gasteiger partial charge on any atom is 0.412 e. The maximum atomic E-state index is 14.4. The van der Waals surface area contributed by atoms with Gasteiger partial charge >= 0.3 is 6.09 Å². The molecule has 2 heterocycles. The van der Waals surface area contributed by atoms with Crippen molar-refractivity contribution in [2.45, 2.75) is 101 Å². The van der Waals surface area contributed by atoms with Crippen LogP contribution in [0.25, 0.3) is 0 Å². The Morgan fingerprint density at radius 2 is 1.78 bits per heavy atom. The minimum Gasteiger partial charge on any atom is -0.444 e. The van der Waals surface area contributed by atoms with Crippen molar-refractivity contribution in [1.82, 2.24) is 20.0 Å². The Morgan fingerprint density at radius 3 is 2.39 bits per heavy atom. The average molecular weight is 605 g/mol. The summed E-state index contributed by atoms with van der Waals surface area (Å²) in [6.07, 6.45) is 9.74. The average Bonchev–Trinajstić information content (AvgIpc) is 3.44. The van der Waals surface area contributed by atoms with E-state index < -0.39 is 22.7 Å². The molecule has 228 valence electrons. The van der Waals surface area contributed by atoms with Gasteiger partial charge in [-0.15, -0.1) is 23.5 Å². The molecule has 0 bridgehead atoms. The van der Waals surface area contributed by atoms with Crippen molar-refractivity contribution in [3.05, 3.63) is 35.9 Å². The molecule has 3 amide bonds. The van der Waals surface area contributed by atoms with E-state index in [4.69, 9.17) is 4.74 Å². The standard InChI is InChI=1S/C31H48N4O4S2/c1-30(2,3)39-29(38)34-23-41-21-27(34)35(22-36)31(40-4,19-24-11-7-5-8-12-24)28(37)32-26-15-17-33(18-16-26)20-25-13-9-6-10-14-25/h6,9-10,13-14,22,24,26-27H,5,7-8,11-12,15-21,23H2,1-4H3,(H,32,37)/t27-,31-/m1/s1. The molecular weight excluding hydrogens is 556 g/mol. The summed E-state index contributed by atoms with van der Waals surface area (Å²) in [6.45, 7) is 8.27. The number of benzene rings is 1. The molecule has 2 saturated heterocycles. The minimum absolute atomic E-state index is 0.0563. The molecule has 1 aliphatic carbocycles. The number of carbonyl (C=O) groups is 3. The zero-order chi connectivity index (χ0) is 29.5. The number of rotatable bonds is 10. The largest absolute Gasteiger partial charge is 0.444 e. The van der Waals surface area contributed by atoms with Gasteiger partial charge in [0.2, 0.25) is 6.41 Å². The van der Waals surface area contributed by atoms with Crippen LogP contribution in [0.15, 0.2) is 30.3 Å². The molecular formula is C31H48N4O4S2. The summed E-state index contributed by atoms with van der Waals surface area (Å²) in [7, 11) is 0. The molecule has 41 heavy (non-hydrogen) atoms. The lowest BCUT2D eigenvalue weighted by Gasteiger charge is -2.47. The molecule has 3 aliphatic rings. The van der Waals surface area contributed by atoms with E-state index in [0.29, 0.717) is 24.0 Å². The van der Waals surface area contributed by atoms with Gasteiger partial charge in [-0.2, -0.15) is 0 Å². The highest BCUT2D eigenvalue weighted by atomic mass is 32.2. The minimum atomic E-state index is -1.10. The highest BCUT2D eigenvalue weighted by molar-refractivity contribution is 8.00. The normalized spacial score (nSPS) is 22.6. The zero-order valence-electron chi connectivity index (χ0n) is 25.2. The van der Waals surface area contributed by atoms with Crippen LogP contribution in [0.4, 0.5) is 4.79 Å². The van der Waals surface area contributed by atoms with Gasteiger partial charge in [0.15, 0.2) is 4.87 Å². The smallest absolute Gasteiger partial charge is 0.412 e. The number of likely N-dealkylation sites (tertiary alicyclic amines) is 1. The summed E-state index contributed by atoms with van der Waals surface area (Å²) in [4.78, 5) is 45.1. The van der Waals surface area contributed by atoms with Crippen LogP contribution in [0.3, 0.4) is 0 Å². The molecule has 2 atom stereocenters. The van der Waals surface area contributed by atoms with E-state index in [0.717, 1.165) is 64.6 Å². The first-order valence-electron chi connectivity index (χ1n) is 15.1. The summed E-state index contributed by atoms with van der Waals surface area (Å²) in [5, 5.41) is 3.38. The van der Waals surface area contributed by atoms with Crippen LogP contribution >= 0.6 is 23.5 Å². The number of hydrogen-bond acceptors (Lipinski definition) is 7. The Morgan fingerprint density at radius 1 is 1.10 bits per heavy atom. The first-order chi connectivity index (χ1) is 19.6. The van der Waals surface area contributed by atoms with Crippen LogP contribution in [0, 0.1) is 5.92 Å². The van der Waals surface area contributed by atoms with Crippen molar-refractivity contribution in [2.24, 2.45) is 5.92 Å². The van der Waals surface area contributed by atoms with Gasteiger partial charge in [-0.25, -0.2) is 4.79 Å². The fraction of sp³-hybridized carbons (Fsp3) is 0.710. The van der Waals surface area contributed by atoms with Crippen LogP contribution in [-0.2, 0) is 20.9 Å². The third-order valence-electron chi connectivity index (χ3n) is 8.49. The number of nitrogens with zero attached hydrogens (tertiary/aromatic N) is 3. The molecule has 0 spiro atoms. The molecule has 0 unspecified atom stereocenters. The molecule has 1 N–H and O–H groups in total. The third kappa shape index (κ3) is 8.35. The third-order valence-corrected chi connectivity index (χ3v) is 10.7. The Bertz CT molecular complexity index is 1010. The maximum absolute atomic E-state index is 14.4. The lowest BCUT2D eigenvalue weighted by molar-refractivity contribution is -0.141. The fourth-order valence-electron chi connectivity index (χ4n) is 6.31. The van der Waals surface area contributed by atoms with E-state index in [-0.39, 0.29) is 11.9 Å². The lowest BCUT2D eigenvalue weighted by atomic mass is 9.83. The van der Waals surface area contributed by atoms with Gasteiger partial charge in [0.25, 0.3) is 5.91 Å². The van der Waals surface area contributed by atoms with Gasteiger partial charge in [-0.05, 0) is 57.8 Å². The first-order valence-corrected chi connectivity index (χ1v) is 17.5. The predicted octanol–water partition coefficient (Wildman–Crippen LogP) is 5.52. The Balaban J connectivity index is 1.51. The van der Waals surface area contributed by atoms with E-state index in [9.17, 15) is 14.4 Å². The molecule has 1 aromatic rings. The highest BCUT2D eigenvalue weighted by Gasteiger charge is 2.51. The monoisotopic (exact) mass is 604 g/mol. The summed E-state index contributed by atoms with van der Waals surface area (Å²) >= 11 is 3.03. The number of ether oxygens (including phenoxy) is 1. The first kappa shape index (κ1) is 32.0. The second-order valence-electron chi connectivity index (χ2n) is 12.6. The molecule has 4 rings (SSSR count). The molecule has 10 heteroatoms. The zero-order valence-corrected chi connectivity index (χ0v) is 26.8. The Hall–Kier alpha value is -1.91. The second kappa shape index (κ2) is 14.5. The van der Waals surface area contributed by atoms with Gasteiger partial charge in [-0.1, -0.05) is 62.4 Å². The van der Waals surface area contributed by atoms with Gasteiger partial charge in [0.1, 0.15) is 11.8 Å². The highest BCUT2D eigenvalue weighted by Crippen LogP contribution is 2.42. The molecule has 1 aromatic carbocycles. The number of hydrogen-bond donors (Lipinski definition) is 1. The van der Waals surface area contributed by atoms with E-state index in [1.807, 2.05) is 33.1 Å². The van der Waals surface area contributed by atoms with Crippen LogP contribution < -0.4 is 5.32 Å². The number of carbonyl (C=O) groups excluding carboxylic acids is 3. The number of thioether (sulfide) groups is 2. The predicted molar refractivity (Wildman–Crippen MR) is 167 cm³/mol. The van der Waals surface area contributed by atoms with Crippen LogP contribution in [0.2, 0.25) is 0 Å². The van der Waals surface area contributed by atoms with Crippen molar-refractivity contribution >= 4 is 41.9 Å². The molecule has 0 radical (unpaired) electrons. The van der Waals surface area contributed by atoms with E-state index in [2.05, 4.69) is 34.5 Å². The second-order valence-corrected chi connectivity index (χ2v) is 14.7. The number of nitrogens with one attached hydrogen (secondary N) is 1. The van der Waals surface area contributed by atoms with Crippen molar-refractivity contribution in [2.75, 3.05) is 31.0 Å². The summed E-state index contributed by atoms with van der Waals surface area (Å²) < 4.78 is 5.70. The number of amides is 3. The van der Waals surface area contributed by atoms with E-state index >= 15 is 0 Å². The molecule has 0 aromatic heterocycles. The van der Waals surface area contributed by atoms with Gasteiger partial charge < -0.3 is 15.0 Å². The summed E-state index contributed by atoms with van der Waals surface area (Å²) in [5.74, 6) is 1.24.